The first-order chi connectivity index (χ1) is 44.6. The standard InChI is InChI=1S/C18H17N2.C16H15N2.C12H15N2.C11H10N3.C10H9F2N2.C10H11N2.6Ir/c1-13-11-14(2)17(15(3)12-13)20-10-9-19-18(20)16-7-5-4-6-8-16;1-3-7-14(8-4-1)13-18-12-11-17-16(18)15-9-5-2-6-10-15;1-9-6-10(2)8-11(7-9)12-13-4-5-14(12)3;1-12-10-5-3-4-9(8-10)11-13-6-7-14(11)2;1-14-5-4-13-10(14)8-3-2-7(11)6-9(8)12;1-12-8-7-11-10(12)9-5-3-2-4-6-9;;;;;;/h4-7,9-12H,1-3H3;1-9H,11-13H2;6-7H,4-5H2,1-3H3;3,5,8H,6-7H2,2H3;2,6H,4-5H2,1H3;2-5H,7-8H2,1H3;;;;;;/q6*-1;;;;;;. The summed E-state index contributed by atoms with van der Waals surface area (Å²) in [5.74, 6) is 4.40. The van der Waals surface area contributed by atoms with E-state index in [9.17, 15) is 8.78 Å². The van der Waals surface area contributed by atoms with Crippen molar-refractivity contribution in [1.82, 2.24) is 34.1 Å². The van der Waals surface area contributed by atoms with Gasteiger partial charge in [0.05, 0.1) is 12.4 Å². The Morgan fingerprint density at radius 3 is 1.44 bits per heavy atom. The number of amidine groups is 5. The number of imidazole rings is 1. The minimum atomic E-state index is -0.618. The summed E-state index contributed by atoms with van der Waals surface area (Å²) in [6.07, 6.45) is 3.86. The van der Waals surface area contributed by atoms with Crippen LogP contribution in [-0.4, -0.2) is 157 Å². The molecule has 8 aromatic carbocycles. The molecule has 14 rings (SSSR count). The number of aliphatic imine (C=N–C) groups is 5. The minimum absolute atomic E-state index is 0. The van der Waals surface area contributed by atoms with Gasteiger partial charge in [-0.15, -0.1) is 178 Å². The van der Waals surface area contributed by atoms with E-state index in [1.807, 2.05) is 110 Å². The Bertz CT molecular complexity index is 4090. The van der Waals surface area contributed by atoms with Crippen molar-refractivity contribution in [3.05, 3.63) is 291 Å². The number of likely N-dealkylation sites (N-methyl/N-ethyl adjacent to an activating group) is 4. The molecule has 0 amide bonds. The van der Waals surface area contributed by atoms with E-state index in [-0.39, 0.29) is 126 Å². The molecule has 0 aliphatic carbocycles. The molecule has 5 aliphatic heterocycles. The molecule has 0 saturated carbocycles. The van der Waals surface area contributed by atoms with E-state index >= 15 is 0 Å². The Labute approximate surface area is 659 Å². The van der Waals surface area contributed by atoms with Crippen LogP contribution in [0.1, 0.15) is 61.2 Å². The van der Waals surface area contributed by atoms with Crippen LogP contribution in [-0.2, 0) is 127 Å². The number of hydrogen-bond donors (Lipinski definition) is 0. The van der Waals surface area contributed by atoms with Crippen LogP contribution in [0.5, 0.6) is 0 Å². The molecule has 21 heteroatoms. The van der Waals surface area contributed by atoms with Gasteiger partial charge in [-0.3, -0.25) is 18.6 Å². The number of nitrogens with zero attached hydrogens (tertiary/aromatic N) is 13. The second-order valence-electron chi connectivity index (χ2n) is 22.7. The van der Waals surface area contributed by atoms with Crippen LogP contribution >= 0.6 is 0 Å². The maximum absolute atomic E-state index is 13.3. The zero-order valence-electron chi connectivity index (χ0n) is 56.0. The van der Waals surface area contributed by atoms with E-state index in [1.54, 1.807) is 12.1 Å². The van der Waals surface area contributed by atoms with Gasteiger partial charge in [-0.2, -0.15) is 6.07 Å². The van der Waals surface area contributed by atoms with Crippen LogP contribution in [0, 0.1) is 89.2 Å². The molecule has 0 spiro atoms. The van der Waals surface area contributed by atoms with Crippen LogP contribution < -0.4 is 0 Å². The Hall–Kier alpha value is -6.43. The molecule has 9 aromatic rings. The molecule has 1 aromatic heterocycles. The van der Waals surface area contributed by atoms with E-state index in [2.05, 4.69) is 199 Å². The van der Waals surface area contributed by atoms with E-state index in [0.29, 0.717) is 18.1 Å². The van der Waals surface area contributed by atoms with Crippen molar-refractivity contribution in [2.75, 3.05) is 93.6 Å². The molecule has 0 fully saturated rings. The van der Waals surface area contributed by atoms with Gasteiger partial charge in [-0.1, -0.05) is 73.5 Å². The third kappa shape index (κ3) is 24.1. The molecule has 98 heavy (non-hydrogen) atoms. The van der Waals surface area contributed by atoms with Gasteiger partial charge < -0.3 is 54.0 Å². The van der Waals surface area contributed by atoms with Crippen molar-refractivity contribution in [2.45, 2.75) is 41.2 Å². The average Bonchev–Trinajstić information content (AvgIpc) is 1.41. The summed E-state index contributed by atoms with van der Waals surface area (Å²) in [6.45, 7) is 27.4. The molecule has 0 N–H and O–H groups in total. The Morgan fingerprint density at radius 2 is 0.939 bits per heavy atom. The van der Waals surface area contributed by atoms with E-state index < -0.39 is 11.6 Å². The van der Waals surface area contributed by atoms with Crippen molar-refractivity contribution in [2.24, 2.45) is 25.0 Å². The molecular formula is C77H77F2Ir6N13-6. The zero-order valence-corrected chi connectivity index (χ0v) is 70.4. The van der Waals surface area contributed by atoms with Gasteiger partial charge in [0.15, 0.2) is 0 Å². The summed E-state index contributed by atoms with van der Waals surface area (Å²) in [4.78, 5) is 40.4. The molecule has 6 radical (unpaired) electrons. The average molecular weight is 2380 g/mol. The number of halogens is 2. The monoisotopic (exact) mass is 2380 g/mol. The molecule has 524 valence electrons. The molecule has 6 heterocycles. The van der Waals surface area contributed by atoms with Gasteiger partial charge in [0, 0.05) is 252 Å². The van der Waals surface area contributed by atoms with Crippen molar-refractivity contribution >= 4 is 34.9 Å². The fraction of sp³-hybridized carbons (Fsp3) is 0.260. The van der Waals surface area contributed by atoms with Gasteiger partial charge in [0.2, 0.25) is 0 Å². The smallest absolute Gasteiger partial charge is 0.109 e. The fourth-order valence-corrected chi connectivity index (χ4v) is 11.1. The number of aryl methyl sites for hydroxylation is 5. The van der Waals surface area contributed by atoms with Crippen molar-refractivity contribution < 1.29 is 129 Å². The van der Waals surface area contributed by atoms with Gasteiger partial charge in [0.1, 0.15) is 5.69 Å². The van der Waals surface area contributed by atoms with Gasteiger partial charge in [-0.25, -0.2) is 0 Å². The van der Waals surface area contributed by atoms with Crippen LogP contribution in [0.25, 0.3) is 21.9 Å². The zero-order chi connectivity index (χ0) is 64.9. The molecule has 5 aliphatic rings. The first kappa shape index (κ1) is 85.8. The predicted molar refractivity (Wildman–Crippen MR) is 368 cm³/mol. The summed E-state index contributed by atoms with van der Waals surface area (Å²) in [7, 11) is 7.97. The maximum atomic E-state index is 13.3. The van der Waals surface area contributed by atoms with E-state index in [0.717, 1.165) is 135 Å². The SMILES string of the molecule is CN1CCN=C1c1[c-]cc(F)cc1F.CN1CCN=C1c1[c-]cccc1.Cc1[c-]c(C2=NCCN2C)cc(C)c1.Cc1cc(C)c(-n2ccnc2-c2[c-]cccc2)c(C)c1.[C-]#[N+]c1cc[c-]c(C2=NCCN2C)c1.[Ir].[Ir].[Ir].[Ir].[Ir].[Ir].[c-]1ccccc1C1=NCCN1Cc1ccccc1. The number of benzene rings is 8. The molecule has 0 bridgehead atoms. The summed E-state index contributed by atoms with van der Waals surface area (Å²) in [5, 5.41) is 0. The van der Waals surface area contributed by atoms with Gasteiger partial charge >= 0.3 is 0 Å². The fourth-order valence-electron chi connectivity index (χ4n) is 11.1. The molecule has 0 unspecified atom stereocenters. The van der Waals surface area contributed by atoms with Gasteiger partial charge in [0.25, 0.3) is 0 Å². The quantitative estimate of drug-likeness (QED) is 0.134. The van der Waals surface area contributed by atoms with Crippen molar-refractivity contribution in [1.29, 1.82) is 0 Å². The van der Waals surface area contributed by atoms with E-state index in [4.69, 9.17) is 6.57 Å². The third-order valence-electron chi connectivity index (χ3n) is 15.4. The first-order valence-electron chi connectivity index (χ1n) is 30.8. The third-order valence-corrected chi connectivity index (χ3v) is 15.4. The topological polar surface area (TPSA) is 100 Å². The summed E-state index contributed by atoms with van der Waals surface area (Å²) in [6, 6.07) is 69.2. The second-order valence-corrected chi connectivity index (χ2v) is 22.7. The normalized spacial score (nSPS) is 13.6. The van der Waals surface area contributed by atoms with Crippen LogP contribution in [0.15, 0.2) is 195 Å². The van der Waals surface area contributed by atoms with Crippen LogP contribution in [0.3, 0.4) is 0 Å². The molecular weight excluding hydrogens is 2300 g/mol. The Balaban J connectivity index is 0.000000305. The Kier molecular flexibility index (Phi) is 37.9. The molecule has 0 saturated heterocycles. The summed E-state index contributed by atoms with van der Waals surface area (Å²) < 4.78 is 28.1. The van der Waals surface area contributed by atoms with E-state index in [1.165, 1.54) is 39.1 Å². The summed E-state index contributed by atoms with van der Waals surface area (Å²) >= 11 is 0. The molecule has 13 nitrogen and oxygen atoms in total. The number of aromatic nitrogens is 2. The number of rotatable bonds is 9. The maximum Gasteiger partial charge on any atom is 0.109 e. The van der Waals surface area contributed by atoms with Gasteiger partial charge in [-0.05, 0) is 65.7 Å². The summed E-state index contributed by atoms with van der Waals surface area (Å²) in [5.41, 5.74) is 14.9. The first-order valence-corrected chi connectivity index (χ1v) is 30.8. The Morgan fingerprint density at radius 1 is 0.469 bits per heavy atom. The minimum Gasteiger partial charge on any atom is -0.397 e. The second kappa shape index (κ2) is 43.3. The molecule has 0 atom stereocenters. The van der Waals surface area contributed by atoms with Crippen LogP contribution in [0.2, 0.25) is 0 Å². The largest absolute Gasteiger partial charge is 0.397 e. The van der Waals surface area contributed by atoms with Crippen molar-refractivity contribution in [3.8, 4) is 17.1 Å². The number of hydrogen-bond acceptors (Lipinski definition) is 11. The predicted octanol–water partition coefficient (Wildman–Crippen LogP) is 13.2. The van der Waals surface area contributed by atoms with Crippen LogP contribution in [0.4, 0.5) is 14.5 Å². The van der Waals surface area contributed by atoms with Crippen molar-refractivity contribution in [3.63, 3.8) is 0 Å².